The number of carbonyl (C=O) groups is 1. The van der Waals surface area contributed by atoms with Crippen LogP contribution in [0.5, 0.6) is 11.5 Å². The van der Waals surface area contributed by atoms with Crippen LogP contribution in [0, 0.1) is 0 Å². The molecule has 0 saturated heterocycles. The molecule has 0 fully saturated rings. The predicted molar refractivity (Wildman–Crippen MR) is 128 cm³/mol. The minimum Gasteiger partial charge on any atom is -0.497 e. The van der Waals surface area contributed by atoms with E-state index >= 15 is 0 Å². The molecule has 9 nitrogen and oxygen atoms in total. The molecule has 0 bridgehead atoms. The van der Waals surface area contributed by atoms with Crippen molar-refractivity contribution in [3.63, 3.8) is 0 Å². The number of hydrogen-bond acceptors (Lipinski definition) is 6. The summed E-state index contributed by atoms with van der Waals surface area (Å²) in [4.78, 5) is 35.0. The standard InChI is InChI=1S/C25H21N5O4/c1-33-17-7-8-22(34-2)19(13-17)27-23(31)15-29-20-5-3-4-6-21(20)30-24(32)14-18(28-25(29)30)16-9-11-26-12-10-16/h3-14H,15H2,1-2H3,(H,27,31). The fraction of sp³-hybridized carbons (Fsp3) is 0.120. The van der Waals surface area contributed by atoms with Gasteiger partial charge in [-0.05, 0) is 36.4 Å². The van der Waals surface area contributed by atoms with Gasteiger partial charge in [-0.2, -0.15) is 0 Å². The first-order valence-corrected chi connectivity index (χ1v) is 10.5. The van der Waals surface area contributed by atoms with E-state index in [1.807, 2.05) is 24.3 Å². The Hall–Kier alpha value is -4.66. The van der Waals surface area contributed by atoms with Crippen LogP contribution in [0.1, 0.15) is 0 Å². The summed E-state index contributed by atoms with van der Waals surface area (Å²) in [5, 5.41) is 2.88. The molecule has 0 aliphatic rings. The number of rotatable bonds is 6. The summed E-state index contributed by atoms with van der Waals surface area (Å²) in [6.45, 7) is -0.0659. The van der Waals surface area contributed by atoms with Crippen LogP contribution in [0.2, 0.25) is 0 Å². The molecular formula is C25H21N5O4. The number of imidazole rings is 1. The van der Waals surface area contributed by atoms with E-state index in [4.69, 9.17) is 14.5 Å². The summed E-state index contributed by atoms with van der Waals surface area (Å²) in [5.41, 5.74) is 2.90. The van der Waals surface area contributed by atoms with E-state index in [2.05, 4.69) is 10.3 Å². The number of aromatic nitrogens is 4. The Morgan fingerprint density at radius 1 is 0.971 bits per heavy atom. The van der Waals surface area contributed by atoms with Gasteiger partial charge in [0, 0.05) is 30.1 Å². The third kappa shape index (κ3) is 3.73. The van der Waals surface area contributed by atoms with Gasteiger partial charge in [-0.25, -0.2) is 9.38 Å². The quantitative estimate of drug-likeness (QED) is 0.421. The summed E-state index contributed by atoms with van der Waals surface area (Å²) in [6.07, 6.45) is 3.28. The van der Waals surface area contributed by atoms with Crippen LogP contribution >= 0.6 is 0 Å². The Bertz CT molecular complexity index is 1570. The zero-order chi connectivity index (χ0) is 23.7. The highest BCUT2D eigenvalue weighted by Crippen LogP contribution is 2.29. The number of anilines is 1. The third-order valence-corrected chi connectivity index (χ3v) is 5.51. The lowest BCUT2D eigenvalue weighted by atomic mass is 10.2. The highest BCUT2D eigenvalue weighted by molar-refractivity contribution is 5.94. The molecule has 0 atom stereocenters. The molecule has 1 N–H and O–H groups in total. The third-order valence-electron chi connectivity index (χ3n) is 5.51. The van der Waals surface area contributed by atoms with Crippen LogP contribution < -0.4 is 20.3 Å². The predicted octanol–water partition coefficient (Wildman–Crippen LogP) is 3.37. The minimum atomic E-state index is -0.307. The first-order chi connectivity index (χ1) is 16.6. The molecular weight excluding hydrogens is 434 g/mol. The van der Waals surface area contributed by atoms with Gasteiger partial charge in [-0.3, -0.25) is 14.6 Å². The van der Waals surface area contributed by atoms with Crippen molar-refractivity contribution < 1.29 is 14.3 Å². The molecule has 9 heteroatoms. The lowest BCUT2D eigenvalue weighted by Crippen LogP contribution is -2.21. The average Bonchev–Trinajstić information content (AvgIpc) is 3.18. The maximum absolute atomic E-state index is 13.1. The molecule has 0 aliphatic heterocycles. The maximum Gasteiger partial charge on any atom is 0.260 e. The van der Waals surface area contributed by atoms with E-state index in [0.717, 1.165) is 5.56 Å². The number of carbonyl (C=O) groups excluding carboxylic acids is 1. The Kier molecular flexibility index (Phi) is 5.43. The molecule has 3 heterocycles. The Balaban J connectivity index is 1.60. The Labute approximate surface area is 194 Å². The van der Waals surface area contributed by atoms with Gasteiger partial charge in [-0.15, -0.1) is 0 Å². The number of benzene rings is 2. The number of pyridine rings is 1. The second-order valence-corrected chi connectivity index (χ2v) is 7.54. The molecule has 34 heavy (non-hydrogen) atoms. The summed E-state index contributed by atoms with van der Waals surface area (Å²) in [5.74, 6) is 1.15. The number of nitrogens with zero attached hydrogens (tertiary/aromatic N) is 4. The van der Waals surface area contributed by atoms with Gasteiger partial charge in [-0.1, -0.05) is 12.1 Å². The van der Waals surface area contributed by atoms with Gasteiger partial charge in [0.2, 0.25) is 11.7 Å². The summed E-state index contributed by atoms with van der Waals surface area (Å²) in [7, 11) is 3.08. The summed E-state index contributed by atoms with van der Waals surface area (Å²) >= 11 is 0. The van der Waals surface area contributed by atoms with Crippen LogP contribution in [0.15, 0.2) is 77.9 Å². The van der Waals surface area contributed by atoms with Crippen molar-refractivity contribution in [2.45, 2.75) is 6.54 Å². The number of amides is 1. The summed E-state index contributed by atoms with van der Waals surface area (Å²) in [6, 6.07) is 17.6. The van der Waals surface area contributed by atoms with Gasteiger partial charge >= 0.3 is 0 Å². The lowest BCUT2D eigenvalue weighted by Gasteiger charge is -2.12. The number of para-hydroxylation sites is 2. The van der Waals surface area contributed by atoms with Gasteiger partial charge in [0.1, 0.15) is 18.0 Å². The number of ether oxygens (including phenoxy) is 2. The lowest BCUT2D eigenvalue weighted by molar-refractivity contribution is -0.116. The van der Waals surface area contributed by atoms with Crippen LogP contribution in [-0.2, 0) is 11.3 Å². The molecule has 0 saturated carbocycles. The highest BCUT2D eigenvalue weighted by atomic mass is 16.5. The first kappa shape index (κ1) is 21.2. The van der Waals surface area contributed by atoms with Crippen LogP contribution in [0.4, 0.5) is 5.69 Å². The average molecular weight is 455 g/mol. The van der Waals surface area contributed by atoms with Crippen molar-refractivity contribution in [2.75, 3.05) is 19.5 Å². The second-order valence-electron chi connectivity index (χ2n) is 7.54. The van der Waals surface area contributed by atoms with E-state index in [-0.39, 0.29) is 18.0 Å². The molecule has 170 valence electrons. The molecule has 5 rings (SSSR count). The van der Waals surface area contributed by atoms with E-state index in [1.54, 1.807) is 54.4 Å². The van der Waals surface area contributed by atoms with Gasteiger partial charge in [0.25, 0.3) is 5.56 Å². The molecule has 0 radical (unpaired) electrons. The molecule has 0 spiro atoms. The van der Waals surface area contributed by atoms with Crippen LogP contribution in [0.3, 0.4) is 0 Å². The van der Waals surface area contributed by atoms with E-state index in [9.17, 15) is 9.59 Å². The maximum atomic E-state index is 13.1. The van der Waals surface area contributed by atoms with E-state index < -0.39 is 0 Å². The Morgan fingerprint density at radius 3 is 2.47 bits per heavy atom. The SMILES string of the molecule is COc1ccc(OC)c(NC(=O)Cn2c3ccccc3n3c(=O)cc(-c4ccncc4)nc23)c1. The van der Waals surface area contributed by atoms with Gasteiger partial charge < -0.3 is 19.4 Å². The number of hydrogen-bond donors (Lipinski definition) is 1. The normalized spacial score (nSPS) is 11.0. The zero-order valence-electron chi connectivity index (χ0n) is 18.6. The second kappa shape index (κ2) is 8.70. The molecule has 5 aromatic rings. The van der Waals surface area contributed by atoms with Gasteiger partial charge in [0.15, 0.2) is 0 Å². The van der Waals surface area contributed by atoms with Crippen molar-refractivity contribution in [2.24, 2.45) is 0 Å². The molecule has 1 amide bonds. The van der Waals surface area contributed by atoms with Crippen LogP contribution in [0.25, 0.3) is 28.1 Å². The number of nitrogens with one attached hydrogen (secondary N) is 1. The van der Waals surface area contributed by atoms with E-state index in [0.29, 0.717) is 39.7 Å². The zero-order valence-corrected chi connectivity index (χ0v) is 18.6. The van der Waals surface area contributed by atoms with Gasteiger partial charge in [0.05, 0.1) is 36.6 Å². The number of fused-ring (bicyclic) bond motifs is 3. The van der Waals surface area contributed by atoms with E-state index in [1.165, 1.54) is 17.6 Å². The molecule has 0 unspecified atom stereocenters. The van der Waals surface area contributed by atoms with Crippen LogP contribution in [-0.4, -0.2) is 39.1 Å². The topological polar surface area (TPSA) is 99.8 Å². The number of methoxy groups -OCH3 is 2. The minimum absolute atomic E-state index is 0.0659. The van der Waals surface area contributed by atoms with Crippen molar-refractivity contribution in [1.82, 2.24) is 18.9 Å². The summed E-state index contributed by atoms with van der Waals surface area (Å²) < 4.78 is 13.9. The largest absolute Gasteiger partial charge is 0.497 e. The fourth-order valence-electron chi connectivity index (χ4n) is 3.94. The molecule has 0 aliphatic carbocycles. The molecule has 3 aromatic heterocycles. The Morgan fingerprint density at radius 2 is 1.74 bits per heavy atom. The fourth-order valence-corrected chi connectivity index (χ4v) is 3.94. The smallest absolute Gasteiger partial charge is 0.260 e. The monoisotopic (exact) mass is 455 g/mol. The van der Waals surface area contributed by atoms with Crippen molar-refractivity contribution >= 4 is 28.4 Å². The first-order valence-electron chi connectivity index (χ1n) is 10.5. The highest BCUT2D eigenvalue weighted by Gasteiger charge is 2.18. The van der Waals surface area contributed by atoms with Crippen molar-refractivity contribution in [1.29, 1.82) is 0 Å². The molecule has 2 aromatic carbocycles. The van der Waals surface area contributed by atoms with Crippen molar-refractivity contribution in [3.05, 3.63) is 83.4 Å². The van der Waals surface area contributed by atoms with Crippen molar-refractivity contribution in [3.8, 4) is 22.8 Å².